The van der Waals surface area contributed by atoms with Gasteiger partial charge in [0.05, 0.1) is 0 Å². The van der Waals surface area contributed by atoms with E-state index >= 15 is 0 Å². The number of hydrogen-bond donors (Lipinski definition) is 1. The van der Waals surface area contributed by atoms with E-state index in [1.807, 2.05) is 14.0 Å². The zero-order valence-corrected chi connectivity index (χ0v) is 12.4. The average molecular weight is 279 g/mol. The van der Waals surface area contributed by atoms with Gasteiger partial charge in [0.25, 0.3) is 0 Å². The molecule has 0 bridgehead atoms. The average Bonchev–Trinajstić information content (AvgIpc) is 2.78. The molecule has 18 heavy (non-hydrogen) atoms. The first kappa shape index (κ1) is 13.5. The van der Waals surface area contributed by atoms with Crippen molar-refractivity contribution in [1.82, 2.24) is 14.7 Å². The summed E-state index contributed by atoms with van der Waals surface area (Å²) in [6.07, 6.45) is 1.10. The van der Waals surface area contributed by atoms with Gasteiger partial charge in [0, 0.05) is 10.9 Å². The number of nitrogens with one attached hydrogen (secondary N) is 1. The number of benzene rings is 1. The molecule has 0 radical (unpaired) electrons. The molecule has 1 atom stereocenters. The molecule has 1 heterocycles. The summed E-state index contributed by atoms with van der Waals surface area (Å²) < 4.78 is 5.19. The lowest BCUT2D eigenvalue weighted by molar-refractivity contribution is 0.576. The SMILES string of the molecule is CCC(NC)c1ccc(Sc2nc(C)ns2)cc1. The molecule has 1 unspecified atom stereocenters. The summed E-state index contributed by atoms with van der Waals surface area (Å²) in [6, 6.07) is 9.10. The summed E-state index contributed by atoms with van der Waals surface area (Å²) in [4.78, 5) is 5.56. The maximum absolute atomic E-state index is 4.35. The second-order valence-electron chi connectivity index (χ2n) is 4.03. The van der Waals surface area contributed by atoms with Gasteiger partial charge in [-0.3, -0.25) is 0 Å². The van der Waals surface area contributed by atoms with Gasteiger partial charge < -0.3 is 5.32 Å². The maximum Gasteiger partial charge on any atom is 0.174 e. The van der Waals surface area contributed by atoms with Crippen molar-refractivity contribution in [3.05, 3.63) is 35.7 Å². The molecule has 0 saturated carbocycles. The van der Waals surface area contributed by atoms with Crippen molar-refractivity contribution < 1.29 is 0 Å². The minimum Gasteiger partial charge on any atom is -0.313 e. The summed E-state index contributed by atoms with van der Waals surface area (Å²) in [5.41, 5.74) is 1.33. The molecule has 0 aliphatic rings. The Hall–Kier alpha value is -0.910. The van der Waals surface area contributed by atoms with Crippen molar-refractivity contribution in [2.24, 2.45) is 0 Å². The largest absolute Gasteiger partial charge is 0.313 e. The van der Waals surface area contributed by atoms with Gasteiger partial charge in [-0.05, 0) is 49.6 Å². The molecule has 0 spiro atoms. The van der Waals surface area contributed by atoms with Crippen LogP contribution in [-0.2, 0) is 0 Å². The van der Waals surface area contributed by atoms with E-state index in [-0.39, 0.29) is 0 Å². The van der Waals surface area contributed by atoms with Crippen LogP contribution in [-0.4, -0.2) is 16.4 Å². The van der Waals surface area contributed by atoms with Crippen LogP contribution in [0.2, 0.25) is 0 Å². The molecule has 0 aliphatic carbocycles. The number of hydrogen-bond acceptors (Lipinski definition) is 5. The maximum atomic E-state index is 4.35. The minimum atomic E-state index is 0.438. The summed E-state index contributed by atoms with van der Waals surface area (Å²) in [7, 11) is 2.00. The second-order valence-corrected chi connectivity index (χ2v) is 6.10. The zero-order valence-electron chi connectivity index (χ0n) is 10.8. The van der Waals surface area contributed by atoms with Crippen molar-refractivity contribution >= 4 is 23.3 Å². The topological polar surface area (TPSA) is 37.8 Å². The van der Waals surface area contributed by atoms with Crippen molar-refractivity contribution in [3.8, 4) is 0 Å². The van der Waals surface area contributed by atoms with E-state index in [4.69, 9.17) is 0 Å². The lowest BCUT2D eigenvalue weighted by atomic mass is 10.1. The highest BCUT2D eigenvalue weighted by molar-refractivity contribution is 8.01. The monoisotopic (exact) mass is 279 g/mol. The molecule has 1 aromatic carbocycles. The van der Waals surface area contributed by atoms with Crippen LogP contribution >= 0.6 is 23.3 Å². The van der Waals surface area contributed by atoms with Gasteiger partial charge in [-0.1, -0.05) is 30.8 Å². The van der Waals surface area contributed by atoms with E-state index in [0.717, 1.165) is 16.6 Å². The summed E-state index contributed by atoms with van der Waals surface area (Å²) >= 11 is 3.12. The fourth-order valence-electron chi connectivity index (χ4n) is 1.79. The van der Waals surface area contributed by atoms with Gasteiger partial charge in [0.2, 0.25) is 0 Å². The van der Waals surface area contributed by atoms with Crippen LogP contribution in [0.4, 0.5) is 0 Å². The van der Waals surface area contributed by atoms with Crippen LogP contribution in [0.3, 0.4) is 0 Å². The molecule has 0 amide bonds. The van der Waals surface area contributed by atoms with Gasteiger partial charge in [0.1, 0.15) is 5.82 Å². The number of rotatable bonds is 5. The highest BCUT2D eigenvalue weighted by Crippen LogP contribution is 2.29. The van der Waals surface area contributed by atoms with Crippen molar-refractivity contribution in [2.45, 2.75) is 35.5 Å². The molecule has 2 aromatic rings. The predicted molar refractivity (Wildman–Crippen MR) is 77.3 cm³/mol. The molecule has 2 rings (SSSR count). The Bertz CT molecular complexity index is 489. The fourth-order valence-corrected chi connectivity index (χ4v) is 3.42. The lowest BCUT2D eigenvalue weighted by Gasteiger charge is -2.14. The summed E-state index contributed by atoms with van der Waals surface area (Å²) in [5.74, 6) is 0.848. The van der Waals surface area contributed by atoms with E-state index in [1.54, 1.807) is 11.8 Å². The Balaban J connectivity index is 2.07. The number of aromatic nitrogens is 2. The van der Waals surface area contributed by atoms with Crippen LogP contribution in [0.1, 0.15) is 30.8 Å². The van der Waals surface area contributed by atoms with E-state index in [9.17, 15) is 0 Å². The number of nitrogens with zero attached hydrogens (tertiary/aromatic N) is 2. The molecule has 3 nitrogen and oxygen atoms in total. The Kier molecular flexibility index (Phi) is 4.74. The second kappa shape index (κ2) is 6.31. The summed E-state index contributed by atoms with van der Waals surface area (Å²) in [5, 5.41) is 3.31. The first-order chi connectivity index (χ1) is 8.72. The van der Waals surface area contributed by atoms with Crippen LogP contribution < -0.4 is 5.32 Å². The molecule has 5 heteroatoms. The number of aryl methyl sites for hydroxylation is 1. The lowest BCUT2D eigenvalue weighted by Crippen LogP contribution is -2.14. The molecular weight excluding hydrogens is 262 g/mol. The Morgan fingerprint density at radius 2 is 2.06 bits per heavy atom. The molecule has 1 aromatic heterocycles. The van der Waals surface area contributed by atoms with Gasteiger partial charge in [-0.15, -0.1) is 0 Å². The smallest absolute Gasteiger partial charge is 0.174 e. The normalized spacial score (nSPS) is 12.6. The third kappa shape index (κ3) is 3.31. The third-order valence-electron chi connectivity index (χ3n) is 2.75. The quantitative estimate of drug-likeness (QED) is 0.906. The molecule has 96 valence electrons. The zero-order chi connectivity index (χ0) is 13.0. The van der Waals surface area contributed by atoms with Crippen molar-refractivity contribution in [3.63, 3.8) is 0 Å². The van der Waals surface area contributed by atoms with E-state index in [2.05, 4.69) is 45.9 Å². The highest BCUT2D eigenvalue weighted by atomic mass is 32.2. The van der Waals surface area contributed by atoms with E-state index < -0.39 is 0 Å². The molecule has 0 aliphatic heterocycles. The first-order valence-electron chi connectivity index (χ1n) is 5.98. The fraction of sp³-hybridized carbons (Fsp3) is 0.385. The Morgan fingerprint density at radius 1 is 1.33 bits per heavy atom. The van der Waals surface area contributed by atoms with Gasteiger partial charge in [-0.2, -0.15) is 4.37 Å². The molecular formula is C13H17N3S2. The standard InChI is InChI=1S/C13H17N3S2/c1-4-12(14-3)10-5-7-11(8-6-10)17-13-15-9(2)16-18-13/h5-8,12,14H,4H2,1-3H3. The van der Waals surface area contributed by atoms with Gasteiger partial charge >= 0.3 is 0 Å². The minimum absolute atomic E-state index is 0.438. The van der Waals surface area contributed by atoms with Crippen molar-refractivity contribution in [1.29, 1.82) is 0 Å². The summed E-state index contributed by atoms with van der Waals surface area (Å²) in [6.45, 7) is 4.11. The Morgan fingerprint density at radius 3 is 2.56 bits per heavy atom. The highest BCUT2D eigenvalue weighted by Gasteiger charge is 2.07. The van der Waals surface area contributed by atoms with Gasteiger partial charge in [0.15, 0.2) is 4.34 Å². The van der Waals surface area contributed by atoms with Crippen LogP contribution in [0, 0.1) is 6.92 Å². The molecule has 1 N–H and O–H groups in total. The van der Waals surface area contributed by atoms with Gasteiger partial charge in [-0.25, -0.2) is 4.98 Å². The van der Waals surface area contributed by atoms with E-state index in [1.165, 1.54) is 22.0 Å². The van der Waals surface area contributed by atoms with Crippen molar-refractivity contribution in [2.75, 3.05) is 7.05 Å². The van der Waals surface area contributed by atoms with E-state index in [0.29, 0.717) is 6.04 Å². The third-order valence-corrected chi connectivity index (χ3v) is 4.60. The first-order valence-corrected chi connectivity index (χ1v) is 7.57. The van der Waals surface area contributed by atoms with Crippen LogP contribution in [0.25, 0.3) is 0 Å². The molecule has 0 saturated heterocycles. The Labute approximate surface area is 116 Å². The molecule has 0 fully saturated rings. The van der Waals surface area contributed by atoms with Crippen LogP contribution in [0.5, 0.6) is 0 Å². The van der Waals surface area contributed by atoms with Crippen LogP contribution in [0.15, 0.2) is 33.5 Å². The predicted octanol–water partition coefficient (Wildman–Crippen LogP) is 3.67.